The number of carbonyl (C=O) groups is 4. The molecule has 0 radical (unpaired) electrons. The molecule has 0 atom stereocenters. The lowest BCUT2D eigenvalue weighted by atomic mass is 10.1. The number of aromatic nitrogens is 1. The number of rotatable bonds is 7. The van der Waals surface area contributed by atoms with Crippen molar-refractivity contribution in [3.05, 3.63) is 58.9 Å². The Morgan fingerprint density at radius 1 is 1.00 bits per heavy atom. The molecule has 0 saturated heterocycles. The van der Waals surface area contributed by atoms with Crippen molar-refractivity contribution in [3.63, 3.8) is 0 Å². The second kappa shape index (κ2) is 6.83. The van der Waals surface area contributed by atoms with E-state index in [1.165, 1.54) is 13.0 Å². The lowest BCUT2D eigenvalue weighted by Crippen LogP contribution is -2.17. The predicted molar refractivity (Wildman–Crippen MR) is 81.6 cm³/mol. The highest BCUT2D eigenvalue weighted by Crippen LogP contribution is 2.12. The second-order valence-electron chi connectivity index (χ2n) is 5.16. The number of aromatic amines is 1. The van der Waals surface area contributed by atoms with Crippen LogP contribution in [-0.4, -0.2) is 33.4 Å². The molecule has 2 rings (SSSR count). The van der Waals surface area contributed by atoms with Crippen molar-refractivity contribution < 1.29 is 24.3 Å². The van der Waals surface area contributed by atoms with Gasteiger partial charge in [-0.15, -0.1) is 0 Å². The van der Waals surface area contributed by atoms with Crippen molar-refractivity contribution in [1.29, 1.82) is 0 Å². The van der Waals surface area contributed by atoms with E-state index in [1.54, 1.807) is 18.2 Å². The molecule has 0 fully saturated rings. The van der Waals surface area contributed by atoms with Gasteiger partial charge in [-0.2, -0.15) is 0 Å². The Balaban J connectivity index is 2.04. The predicted octanol–water partition coefficient (Wildman–Crippen LogP) is 2.03. The molecule has 118 valence electrons. The van der Waals surface area contributed by atoms with E-state index in [0.29, 0.717) is 12.0 Å². The van der Waals surface area contributed by atoms with Gasteiger partial charge in [-0.3, -0.25) is 14.4 Å². The van der Waals surface area contributed by atoms with Crippen LogP contribution in [0.3, 0.4) is 0 Å². The molecule has 0 unspecified atom stereocenters. The van der Waals surface area contributed by atoms with E-state index in [-0.39, 0.29) is 11.5 Å². The lowest BCUT2D eigenvalue weighted by molar-refractivity contribution is -0.148. The van der Waals surface area contributed by atoms with Crippen LogP contribution in [0.4, 0.5) is 0 Å². The summed E-state index contributed by atoms with van der Waals surface area (Å²) in [5, 5.41) is 8.50. The van der Waals surface area contributed by atoms with Gasteiger partial charge in [0.2, 0.25) is 5.78 Å². The maximum absolute atomic E-state index is 11.8. The Labute approximate surface area is 132 Å². The second-order valence-corrected chi connectivity index (χ2v) is 5.16. The Morgan fingerprint density at radius 3 is 2.22 bits per heavy atom. The van der Waals surface area contributed by atoms with Gasteiger partial charge in [0.05, 0.1) is 12.1 Å². The highest BCUT2D eigenvalue weighted by molar-refractivity contribution is 6.37. The van der Waals surface area contributed by atoms with Crippen molar-refractivity contribution in [2.45, 2.75) is 19.8 Å². The monoisotopic (exact) mass is 313 g/mol. The van der Waals surface area contributed by atoms with E-state index < -0.39 is 24.0 Å². The minimum atomic E-state index is -1.62. The summed E-state index contributed by atoms with van der Waals surface area (Å²) in [6.45, 7) is 1.50. The molecule has 6 heteroatoms. The van der Waals surface area contributed by atoms with Gasteiger partial charge in [0.1, 0.15) is 0 Å². The molecular formula is C17H15NO5. The largest absolute Gasteiger partial charge is 0.475 e. The Morgan fingerprint density at radius 2 is 1.65 bits per heavy atom. The molecule has 2 aromatic rings. The summed E-state index contributed by atoms with van der Waals surface area (Å²) in [6.07, 6.45) is -0.138. The molecule has 0 aliphatic heterocycles. The highest BCUT2D eigenvalue weighted by Gasteiger charge is 2.18. The average Bonchev–Trinajstić information content (AvgIpc) is 2.96. The number of hydrogen-bond acceptors (Lipinski definition) is 4. The number of benzene rings is 1. The van der Waals surface area contributed by atoms with Crippen LogP contribution < -0.4 is 0 Å². The summed E-state index contributed by atoms with van der Waals surface area (Å²) >= 11 is 0. The molecule has 6 nitrogen and oxygen atoms in total. The summed E-state index contributed by atoms with van der Waals surface area (Å²) in [6, 6.07) is 10.4. The number of hydrogen-bond donors (Lipinski definition) is 2. The van der Waals surface area contributed by atoms with E-state index in [0.717, 1.165) is 11.3 Å². The number of aliphatic carboxylic acids is 1. The van der Waals surface area contributed by atoms with Crippen LogP contribution in [0, 0.1) is 0 Å². The van der Waals surface area contributed by atoms with Gasteiger partial charge >= 0.3 is 5.97 Å². The Kier molecular flexibility index (Phi) is 4.85. The first-order valence-electron chi connectivity index (χ1n) is 6.94. The zero-order valence-electron chi connectivity index (χ0n) is 12.5. The van der Waals surface area contributed by atoms with E-state index in [9.17, 15) is 19.2 Å². The quantitative estimate of drug-likeness (QED) is 0.462. The van der Waals surface area contributed by atoms with E-state index in [2.05, 4.69) is 4.98 Å². The van der Waals surface area contributed by atoms with Gasteiger partial charge in [-0.25, -0.2) is 4.79 Å². The molecular weight excluding hydrogens is 298 g/mol. The number of carbonyl (C=O) groups excluding carboxylic acids is 3. The summed E-state index contributed by atoms with van der Waals surface area (Å²) in [7, 11) is 0. The molecule has 1 aromatic heterocycles. The zero-order chi connectivity index (χ0) is 17.0. The minimum Gasteiger partial charge on any atom is -0.475 e. The molecule has 0 bridgehead atoms. The van der Waals surface area contributed by atoms with Crippen molar-refractivity contribution in [1.82, 2.24) is 4.98 Å². The van der Waals surface area contributed by atoms with Crippen LogP contribution in [0.1, 0.15) is 45.4 Å². The van der Waals surface area contributed by atoms with Crippen LogP contribution >= 0.6 is 0 Å². The lowest BCUT2D eigenvalue weighted by Gasteiger charge is -2.01. The highest BCUT2D eigenvalue weighted by atomic mass is 16.4. The van der Waals surface area contributed by atoms with Crippen molar-refractivity contribution in [2.75, 3.05) is 0 Å². The first-order chi connectivity index (χ1) is 10.9. The smallest absolute Gasteiger partial charge is 0.372 e. The number of Topliss-reactive ketones (excluding diaryl/α,β-unsaturated/α-hetero) is 3. The van der Waals surface area contributed by atoms with Crippen molar-refractivity contribution in [2.24, 2.45) is 0 Å². The topological polar surface area (TPSA) is 104 Å². The molecule has 1 aromatic carbocycles. The molecule has 0 saturated carbocycles. The van der Waals surface area contributed by atoms with E-state index in [4.69, 9.17) is 5.11 Å². The number of carboxylic acids is 1. The third-order valence-corrected chi connectivity index (χ3v) is 3.36. The van der Waals surface area contributed by atoms with Crippen LogP contribution in [0.25, 0.3) is 0 Å². The van der Waals surface area contributed by atoms with Crippen LogP contribution in [0.5, 0.6) is 0 Å². The summed E-state index contributed by atoms with van der Waals surface area (Å²) in [5.74, 6) is -3.32. The fourth-order valence-corrected chi connectivity index (χ4v) is 2.10. The van der Waals surface area contributed by atoms with Gasteiger partial charge in [-0.05, 0) is 24.6 Å². The SMILES string of the molecule is CC(=O)c1ccc(Cc2ccc(C(=O)CC(=O)C(=O)O)[nH]2)cc1. The number of carboxylic acid groups (broad SMARTS) is 1. The number of ketones is 3. The Hall–Kier alpha value is -3.02. The average molecular weight is 313 g/mol. The first kappa shape index (κ1) is 16.4. The zero-order valence-corrected chi connectivity index (χ0v) is 12.5. The van der Waals surface area contributed by atoms with Crippen LogP contribution in [-0.2, 0) is 16.0 Å². The van der Waals surface area contributed by atoms with E-state index in [1.807, 2.05) is 12.1 Å². The van der Waals surface area contributed by atoms with Gasteiger partial charge in [-0.1, -0.05) is 24.3 Å². The maximum atomic E-state index is 11.8. The van der Waals surface area contributed by atoms with E-state index >= 15 is 0 Å². The summed E-state index contributed by atoms with van der Waals surface area (Å²) in [4.78, 5) is 47.4. The van der Waals surface area contributed by atoms with Gasteiger partial charge < -0.3 is 10.1 Å². The number of H-pyrrole nitrogens is 1. The molecule has 0 spiro atoms. The van der Waals surface area contributed by atoms with Gasteiger partial charge in [0.25, 0.3) is 0 Å². The molecule has 0 aliphatic rings. The molecule has 0 aliphatic carbocycles. The van der Waals surface area contributed by atoms with Crippen molar-refractivity contribution in [3.8, 4) is 0 Å². The summed E-state index contributed by atoms with van der Waals surface area (Å²) in [5.41, 5.74) is 2.54. The maximum Gasteiger partial charge on any atom is 0.372 e. The third kappa shape index (κ3) is 4.23. The minimum absolute atomic E-state index is 0.00703. The molecule has 0 amide bonds. The molecule has 1 heterocycles. The first-order valence-corrected chi connectivity index (χ1v) is 6.94. The van der Waals surface area contributed by atoms with Crippen LogP contribution in [0.2, 0.25) is 0 Å². The fourth-order valence-electron chi connectivity index (χ4n) is 2.10. The molecule has 23 heavy (non-hydrogen) atoms. The normalized spacial score (nSPS) is 10.3. The molecule has 2 N–H and O–H groups in total. The van der Waals surface area contributed by atoms with Crippen LogP contribution in [0.15, 0.2) is 36.4 Å². The van der Waals surface area contributed by atoms with Crippen molar-refractivity contribution >= 4 is 23.3 Å². The fraction of sp³-hybridized carbons (Fsp3) is 0.176. The number of nitrogens with one attached hydrogen (secondary N) is 1. The third-order valence-electron chi connectivity index (χ3n) is 3.36. The standard InChI is InChI=1S/C17H15NO5/c1-10(19)12-4-2-11(3-5-12)8-13-6-7-14(18-13)15(20)9-16(21)17(22)23/h2-7,18H,8-9H2,1H3,(H,22,23). The Bertz CT molecular complexity index is 771. The van der Waals surface area contributed by atoms with Gasteiger partial charge in [0, 0.05) is 17.7 Å². The van der Waals surface area contributed by atoms with Gasteiger partial charge in [0.15, 0.2) is 11.6 Å². The summed E-state index contributed by atoms with van der Waals surface area (Å²) < 4.78 is 0.